The van der Waals surface area contributed by atoms with Gasteiger partial charge in [-0.15, -0.1) is 0 Å². The van der Waals surface area contributed by atoms with Crippen molar-refractivity contribution in [2.45, 2.75) is 19.0 Å². The zero-order chi connectivity index (χ0) is 14.1. The van der Waals surface area contributed by atoms with Crippen LogP contribution in [-0.2, 0) is 6.18 Å². The van der Waals surface area contributed by atoms with Crippen LogP contribution in [0.1, 0.15) is 22.8 Å². The normalized spacial score (nSPS) is 12.4. The predicted molar refractivity (Wildman–Crippen MR) is 52.9 cm³/mol. The van der Waals surface area contributed by atoms with Crippen molar-refractivity contribution >= 4 is 5.78 Å². The Kier molecular flexibility index (Phi) is 3.64. The Morgan fingerprint density at radius 2 is 1.72 bits per heavy atom. The molecule has 0 spiro atoms. The zero-order valence-electron chi connectivity index (χ0n) is 9.44. The van der Waals surface area contributed by atoms with E-state index in [2.05, 4.69) is 4.74 Å². The smallest absolute Gasteiger partial charge is 0.419 e. The molecule has 0 saturated heterocycles. The summed E-state index contributed by atoms with van der Waals surface area (Å²) in [5, 5.41) is 0. The number of rotatable bonds is 3. The van der Waals surface area contributed by atoms with E-state index >= 15 is 0 Å². The van der Waals surface area contributed by atoms with Gasteiger partial charge in [-0.1, -0.05) is 6.07 Å². The third kappa shape index (κ3) is 2.77. The SMILES string of the molecule is COc1c(C(=O)C(C)(F)F)cccc1C(F)(F)F. The third-order valence-electron chi connectivity index (χ3n) is 2.17. The summed E-state index contributed by atoms with van der Waals surface area (Å²) < 4.78 is 68.0. The molecule has 2 nitrogen and oxygen atoms in total. The minimum Gasteiger partial charge on any atom is -0.495 e. The molecule has 7 heteroatoms. The van der Waals surface area contributed by atoms with Crippen molar-refractivity contribution in [3.05, 3.63) is 29.3 Å². The molecule has 0 heterocycles. The number of para-hydroxylation sites is 1. The van der Waals surface area contributed by atoms with Crippen LogP contribution in [0.3, 0.4) is 0 Å². The highest BCUT2D eigenvalue weighted by Crippen LogP contribution is 2.39. The van der Waals surface area contributed by atoms with E-state index in [0.29, 0.717) is 13.0 Å². The van der Waals surface area contributed by atoms with E-state index in [1.54, 1.807) is 0 Å². The van der Waals surface area contributed by atoms with E-state index in [0.717, 1.165) is 19.2 Å². The second-order valence-electron chi connectivity index (χ2n) is 3.60. The monoisotopic (exact) mass is 268 g/mol. The molecule has 1 aromatic rings. The van der Waals surface area contributed by atoms with E-state index in [1.165, 1.54) is 0 Å². The molecule has 0 aliphatic rings. The molecule has 0 N–H and O–H groups in total. The fourth-order valence-corrected chi connectivity index (χ4v) is 1.40. The number of hydrogen-bond donors (Lipinski definition) is 0. The lowest BCUT2D eigenvalue weighted by molar-refractivity contribution is -0.138. The van der Waals surface area contributed by atoms with Gasteiger partial charge in [0.05, 0.1) is 18.2 Å². The first-order valence-electron chi connectivity index (χ1n) is 4.76. The van der Waals surface area contributed by atoms with E-state index in [4.69, 9.17) is 0 Å². The number of carbonyl (C=O) groups excluding carboxylic acids is 1. The maximum Gasteiger partial charge on any atom is 0.419 e. The summed E-state index contributed by atoms with van der Waals surface area (Å²) in [6.45, 7) is 0.315. The molecule has 0 bridgehead atoms. The van der Waals surface area contributed by atoms with Crippen LogP contribution in [0.4, 0.5) is 22.0 Å². The summed E-state index contributed by atoms with van der Waals surface area (Å²) in [7, 11) is 0.884. The molecule has 1 rings (SSSR count). The molecule has 0 saturated carbocycles. The molecule has 0 radical (unpaired) electrons. The van der Waals surface area contributed by atoms with Crippen LogP contribution in [-0.4, -0.2) is 18.8 Å². The van der Waals surface area contributed by atoms with Gasteiger partial charge in [-0.3, -0.25) is 4.79 Å². The molecule has 100 valence electrons. The maximum atomic E-state index is 12.9. The van der Waals surface area contributed by atoms with Crippen LogP contribution in [0.5, 0.6) is 5.75 Å². The zero-order valence-corrected chi connectivity index (χ0v) is 9.44. The number of ketones is 1. The van der Waals surface area contributed by atoms with Gasteiger partial charge in [0.25, 0.3) is 0 Å². The average Bonchev–Trinajstić information content (AvgIpc) is 2.24. The highest BCUT2D eigenvalue weighted by molar-refractivity contribution is 6.03. The first-order valence-corrected chi connectivity index (χ1v) is 4.76. The number of ether oxygens (including phenoxy) is 1. The molecule has 0 aliphatic heterocycles. The van der Waals surface area contributed by atoms with Gasteiger partial charge >= 0.3 is 12.1 Å². The summed E-state index contributed by atoms with van der Waals surface area (Å²) >= 11 is 0. The molecule has 0 aliphatic carbocycles. The van der Waals surface area contributed by atoms with E-state index in [-0.39, 0.29) is 0 Å². The quantitative estimate of drug-likeness (QED) is 0.619. The van der Waals surface area contributed by atoms with Crippen molar-refractivity contribution in [3.8, 4) is 5.75 Å². The Hall–Kier alpha value is -1.66. The van der Waals surface area contributed by atoms with Crippen LogP contribution in [0, 0.1) is 0 Å². The summed E-state index contributed by atoms with van der Waals surface area (Å²) in [5.74, 6) is -6.38. The van der Waals surface area contributed by atoms with Crippen LogP contribution >= 0.6 is 0 Å². The predicted octanol–water partition coefficient (Wildman–Crippen LogP) is 3.55. The Morgan fingerprint density at radius 3 is 2.11 bits per heavy atom. The Morgan fingerprint density at radius 1 is 1.17 bits per heavy atom. The number of alkyl halides is 5. The molecule has 0 amide bonds. The summed E-state index contributed by atoms with van der Waals surface area (Å²) in [5.41, 5.74) is -2.06. The van der Waals surface area contributed by atoms with Crippen LogP contribution < -0.4 is 4.74 Å². The van der Waals surface area contributed by atoms with Gasteiger partial charge in [0.2, 0.25) is 5.78 Å². The van der Waals surface area contributed by atoms with E-state index < -0.39 is 34.8 Å². The van der Waals surface area contributed by atoms with Crippen molar-refractivity contribution in [2.24, 2.45) is 0 Å². The molecule has 18 heavy (non-hydrogen) atoms. The van der Waals surface area contributed by atoms with Gasteiger partial charge in [-0.05, 0) is 12.1 Å². The largest absolute Gasteiger partial charge is 0.495 e. The van der Waals surface area contributed by atoms with Crippen molar-refractivity contribution in [3.63, 3.8) is 0 Å². The third-order valence-corrected chi connectivity index (χ3v) is 2.17. The lowest BCUT2D eigenvalue weighted by Gasteiger charge is -2.16. The number of benzene rings is 1. The van der Waals surface area contributed by atoms with Crippen LogP contribution in [0.2, 0.25) is 0 Å². The Bertz CT molecular complexity index is 459. The molecule has 0 unspecified atom stereocenters. The number of carbonyl (C=O) groups is 1. The van der Waals surface area contributed by atoms with Gasteiger partial charge in [-0.25, -0.2) is 0 Å². The highest BCUT2D eigenvalue weighted by atomic mass is 19.4. The highest BCUT2D eigenvalue weighted by Gasteiger charge is 2.40. The summed E-state index contributed by atoms with van der Waals surface area (Å²) in [4.78, 5) is 11.3. The summed E-state index contributed by atoms with van der Waals surface area (Å²) in [6.07, 6.45) is -4.79. The fraction of sp³-hybridized carbons (Fsp3) is 0.364. The lowest BCUT2D eigenvalue weighted by Crippen LogP contribution is -2.25. The number of Topliss-reactive ketones (excluding diaryl/α,β-unsaturated/α-hetero) is 1. The van der Waals surface area contributed by atoms with E-state index in [1.807, 2.05) is 0 Å². The first-order chi connectivity index (χ1) is 8.09. The minimum atomic E-state index is -4.79. The lowest BCUT2D eigenvalue weighted by atomic mass is 10.0. The fourth-order valence-electron chi connectivity index (χ4n) is 1.40. The molecule has 0 aromatic heterocycles. The number of hydrogen-bond acceptors (Lipinski definition) is 2. The van der Waals surface area contributed by atoms with Gasteiger partial charge in [0, 0.05) is 6.92 Å². The van der Waals surface area contributed by atoms with Gasteiger partial charge in [0.1, 0.15) is 5.75 Å². The number of methoxy groups -OCH3 is 1. The number of halogens is 5. The molecule has 0 atom stereocenters. The first kappa shape index (κ1) is 14.4. The maximum absolute atomic E-state index is 12.9. The standard InChI is InChI=1S/C11H9F5O2/c1-10(12,13)9(17)6-4-3-5-7(8(6)18-2)11(14,15)16/h3-5H,1-2H3. The Balaban J connectivity index is 3.44. The molecule has 1 aromatic carbocycles. The molecule has 0 fully saturated rings. The van der Waals surface area contributed by atoms with Gasteiger partial charge < -0.3 is 4.74 Å². The van der Waals surface area contributed by atoms with Crippen LogP contribution in [0.25, 0.3) is 0 Å². The Labute approximate surface area is 99.4 Å². The summed E-state index contributed by atoms with van der Waals surface area (Å²) in [6, 6.07) is 2.40. The molecular weight excluding hydrogens is 259 g/mol. The second-order valence-corrected chi connectivity index (χ2v) is 3.60. The van der Waals surface area contributed by atoms with Crippen molar-refractivity contribution in [2.75, 3.05) is 7.11 Å². The average molecular weight is 268 g/mol. The van der Waals surface area contributed by atoms with Gasteiger partial charge in [0.15, 0.2) is 0 Å². The minimum absolute atomic E-state index is 0.315. The van der Waals surface area contributed by atoms with Crippen molar-refractivity contribution in [1.82, 2.24) is 0 Å². The molecular formula is C11H9F5O2. The topological polar surface area (TPSA) is 26.3 Å². The van der Waals surface area contributed by atoms with Gasteiger partial charge in [-0.2, -0.15) is 22.0 Å². The van der Waals surface area contributed by atoms with Crippen molar-refractivity contribution < 1.29 is 31.5 Å². The van der Waals surface area contributed by atoms with Crippen molar-refractivity contribution in [1.29, 1.82) is 0 Å². The second kappa shape index (κ2) is 4.55. The van der Waals surface area contributed by atoms with E-state index in [9.17, 15) is 26.7 Å². The van der Waals surface area contributed by atoms with Crippen LogP contribution in [0.15, 0.2) is 18.2 Å².